The summed E-state index contributed by atoms with van der Waals surface area (Å²) < 4.78 is 21.9. The van der Waals surface area contributed by atoms with Crippen LogP contribution in [0.4, 0.5) is 0 Å². The molecule has 1 aliphatic heterocycles. The van der Waals surface area contributed by atoms with Gasteiger partial charge in [-0.15, -0.1) is 4.31 Å². The highest BCUT2D eigenvalue weighted by molar-refractivity contribution is 14.1. The largest absolute Gasteiger partial charge is 0.597 e. The lowest BCUT2D eigenvalue weighted by atomic mass is 10.00. The van der Waals surface area contributed by atoms with Crippen molar-refractivity contribution in [3.63, 3.8) is 0 Å². The van der Waals surface area contributed by atoms with Crippen LogP contribution >= 0.6 is 22.6 Å². The minimum atomic E-state index is -1.08. The van der Waals surface area contributed by atoms with Crippen LogP contribution in [0.2, 0.25) is 0 Å². The molecule has 0 amide bonds. The average Bonchev–Trinajstić information content (AvgIpc) is 2.54. The van der Waals surface area contributed by atoms with E-state index in [1.54, 1.807) is 0 Å². The van der Waals surface area contributed by atoms with E-state index in [2.05, 4.69) is 52.9 Å². The second kappa shape index (κ2) is 8.71. The molecule has 136 valence electrons. The Kier molecular flexibility index (Phi) is 7.44. The van der Waals surface area contributed by atoms with Gasteiger partial charge in [0.15, 0.2) is 0 Å². The number of ether oxygens (including phenoxy) is 1. The van der Waals surface area contributed by atoms with Gasteiger partial charge in [0.05, 0.1) is 24.8 Å². The minimum Gasteiger partial charge on any atom is -0.597 e. The van der Waals surface area contributed by atoms with Crippen molar-refractivity contribution in [1.29, 1.82) is 0 Å². The molecular weight excluding hydrogens is 433 g/mol. The Labute approximate surface area is 164 Å². The summed E-state index contributed by atoms with van der Waals surface area (Å²) in [7, 11) is 0. The van der Waals surface area contributed by atoms with Gasteiger partial charge in [-0.1, -0.05) is 52.9 Å². The maximum absolute atomic E-state index is 13.2. The van der Waals surface area contributed by atoms with Gasteiger partial charge in [-0.05, 0) is 53.0 Å². The van der Waals surface area contributed by atoms with Crippen LogP contribution in [0.3, 0.4) is 0 Å². The molecule has 0 radical (unpaired) electrons. The molecule has 2 unspecified atom stereocenters. The number of alkyl halides is 1. The number of hydrogen-bond donors (Lipinski definition) is 0. The van der Waals surface area contributed by atoms with Gasteiger partial charge in [0.2, 0.25) is 0 Å². The fourth-order valence-corrected chi connectivity index (χ4v) is 4.93. The molecule has 0 N–H and O–H groups in total. The Balaban J connectivity index is 2.18. The summed E-state index contributed by atoms with van der Waals surface area (Å²) in [6, 6.07) is 10.4. The minimum absolute atomic E-state index is 0.122. The van der Waals surface area contributed by atoms with Crippen molar-refractivity contribution in [3.8, 4) is 0 Å². The smallest absolute Gasteiger partial charge is 0.137 e. The van der Waals surface area contributed by atoms with Crippen molar-refractivity contribution in [2.75, 3.05) is 0 Å². The molecule has 5 heteroatoms. The molecule has 1 fully saturated rings. The molecule has 0 spiro atoms. The van der Waals surface area contributed by atoms with Crippen LogP contribution in [0.25, 0.3) is 0 Å². The third-order valence-corrected chi connectivity index (χ3v) is 8.11. The summed E-state index contributed by atoms with van der Waals surface area (Å²) in [5, 5.41) is 0. The predicted octanol–water partition coefficient (Wildman–Crippen LogP) is 4.71. The SMILES string of the molecule is CC1O[C@H]([C@H](C)N(Cc2ccccc2)[S@@+]([O-])C(C)(C)C)CCC1I. The Hall–Kier alpha value is 0.180. The van der Waals surface area contributed by atoms with Crippen LogP contribution in [-0.2, 0) is 22.6 Å². The number of nitrogens with zero attached hydrogens (tertiary/aromatic N) is 1. The normalized spacial score (nSPS) is 27.9. The molecule has 1 aliphatic rings. The van der Waals surface area contributed by atoms with Gasteiger partial charge in [0.1, 0.15) is 4.75 Å². The van der Waals surface area contributed by atoms with E-state index in [0.717, 1.165) is 12.8 Å². The Bertz CT molecular complexity index is 508. The quantitative estimate of drug-likeness (QED) is 0.361. The fourth-order valence-electron chi connectivity index (χ4n) is 3.00. The third-order valence-electron chi connectivity index (χ3n) is 4.54. The maximum atomic E-state index is 13.2. The molecule has 0 aliphatic carbocycles. The molecule has 1 aromatic carbocycles. The first-order valence-electron chi connectivity index (χ1n) is 8.72. The molecule has 1 saturated heterocycles. The van der Waals surface area contributed by atoms with E-state index in [4.69, 9.17) is 4.74 Å². The van der Waals surface area contributed by atoms with Crippen molar-refractivity contribution in [2.45, 2.75) is 80.9 Å². The van der Waals surface area contributed by atoms with Gasteiger partial charge in [0, 0.05) is 15.3 Å². The first-order valence-corrected chi connectivity index (χ1v) is 11.1. The van der Waals surface area contributed by atoms with Gasteiger partial charge in [-0.3, -0.25) is 0 Å². The molecule has 5 atom stereocenters. The third kappa shape index (κ3) is 5.34. The van der Waals surface area contributed by atoms with E-state index in [0.29, 0.717) is 10.5 Å². The highest BCUT2D eigenvalue weighted by Crippen LogP contribution is 2.32. The Morgan fingerprint density at radius 3 is 2.46 bits per heavy atom. The first-order chi connectivity index (χ1) is 11.2. The van der Waals surface area contributed by atoms with E-state index >= 15 is 0 Å². The van der Waals surface area contributed by atoms with Gasteiger partial charge >= 0.3 is 0 Å². The lowest BCUT2D eigenvalue weighted by Crippen LogP contribution is -2.53. The second-order valence-corrected chi connectivity index (χ2v) is 11.4. The van der Waals surface area contributed by atoms with Crippen molar-refractivity contribution in [3.05, 3.63) is 35.9 Å². The number of halogens is 1. The average molecular weight is 463 g/mol. The Morgan fingerprint density at radius 2 is 1.92 bits per heavy atom. The van der Waals surface area contributed by atoms with Crippen LogP contribution in [0.5, 0.6) is 0 Å². The maximum Gasteiger partial charge on any atom is 0.137 e. The van der Waals surface area contributed by atoms with Gasteiger partial charge in [0.25, 0.3) is 0 Å². The van der Waals surface area contributed by atoms with Crippen molar-refractivity contribution in [1.82, 2.24) is 4.31 Å². The zero-order valence-electron chi connectivity index (χ0n) is 15.4. The van der Waals surface area contributed by atoms with Crippen LogP contribution in [0, 0.1) is 0 Å². The fraction of sp³-hybridized carbons (Fsp3) is 0.684. The standard InChI is InChI=1S/C19H30INO2S/c1-14(18-12-11-17(20)15(2)23-18)21(24(22)19(3,4)5)13-16-9-7-6-8-10-16/h6-10,14-15,17-18H,11-13H2,1-5H3/t14-,15?,17?,18-,24-/m0/s1. The molecule has 1 aromatic rings. The van der Waals surface area contributed by atoms with Gasteiger partial charge in [-0.2, -0.15) is 0 Å². The lowest BCUT2D eigenvalue weighted by molar-refractivity contribution is -0.0611. The second-order valence-electron chi connectivity index (χ2n) is 7.64. The van der Waals surface area contributed by atoms with Crippen molar-refractivity contribution >= 4 is 34.0 Å². The molecule has 2 rings (SSSR count). The predicted molar refractivity (Wildman–Crippen MR) is 111 cm³/mol. The topological polar surface area (TPSA) is 35.5 Å². The van der Waals surface area contributed by atoms with Crippen molar-refractivity contribution in [2.24, 2.45) is 0 Å². The summed E-state index contributed by atoms with van der Waals surface area (Å²) in [5.74, 6) is 0. The van der Waals surface area contributed by atoms with Crippen LogP contribution in [0.1, 0.15) is 53.0 Å². The van der Waals surface area contributed by atoms with Crippen LogP contribution in [0.15, 0.2) is 30.3 Å². The summed E-state index contributed by atoms with van der Waals surface area (Å²) in [5.41, 5.74) is 1.19. The molecular formula is C19H30INO2S. The van der Waals surface area contributed by atoms with Crippen LogP contribution in [-0.4, -0.2) is 35.8 Å². The number of benzene rings is 1. The highest BCUT2D eigenvalue weighted by Gasteiger charge is 2.41. The van der Waals surface area contributed by atoms with Gasteiger partial charge in [-0.25, -0.2) is 0 Å². The summed E-state index contributed by atoms with van der Waals surface area (Å²) in [6.07, 6.45) is 2.60. The van der Waals surface area contributed by atoms with Crippen molar-refractivity contribution < 1.29 is 9.29 Å². The van der Waals surface area contributed by atoms with E-state index in [9.17, 15) is 4.55 Å². The molecule has 24 heavy (non-hydrogen) atoms. The molecule has 0 saturated carbocycles. The first kappa shape index (κ1) is 20.5. The summed E-state index contributed by atoms with van der Waals surface area (Å²) in [6.45, 7) is 11.1. The summed E-state index contributed by atoms with van der Waals surface area (Å²) >= 11 is 1.40. The molecule has 3 nitrogen and oxygen atoms in total. The zero-order valence-corrected chi connectivity index (χ0v) is 18.3. The van der Waals surface area contributed by atoms with E-state index in [1.807, 2.05) is 39.0 Å². The van der Waals surface area contributed by atoms with E-state index in [1.165, 1.54) is 5.56 Å². The van der Waals surface area contributed by atoms with Crippen LogP contribution < -0.4 is 0 Å². The monoisotopic (exact) mass is 463 g/mol. The van der Waals surface area contributed by atoms with E-state index in [-0.39, 0.29) is 23.0 Å². The number of rotatable bonds is 5. The zero-order chi connectivity index (χ0) is 17.9. The van der Waals surface area contributed by atoms with Gasteiger partial charge < -0.3 is 9.29 Å². The summed E-state index contributed by atoms with van der Waals surface area (Å²) in [4.78, 5) is 0. The molecule has 1 heterocycles. The highest BCUT2D eigenvalue weighted by atomic mass is 127. The number of hydrogen-bond acceptors (Lipinski definition) is 3. The molecule has 0 bridgehead atoms. The lowest BCUT2D eigenvalue weighted by Gasteiger charge is -2.42. The Morgan fingerprint density at radius 1 is 1.29 bits per heavy atom. The van der Waals surface area contributed by atoms with E-state index < -0.39 is 11.4 Å². The molecule has 0 aromatic heterocycles.